The van der Waals surface area contributed by atoms with Crippen molar-refractivity contribution in [3.8, 4) is 0 Å². The molecule has 0 saturated carbocycles. The topological polar surface area (TPSA) is 24.8 Å². The molecular formula is C15H22N2O. The molecule has 0 aromatic heterocycles. The summed E-state index contributed by atoms with van der Waals surface area (Å²) in [7, 11) is 4.11. The number of hydrogen-bond donors (Lipinski definition) is 0. The van der Waals surface area contributed by atoms with E-state index in [1.807, 2.05) is 37.3 Å². The molecule has 18 heavy (non-hydrogen) atoms. The summed E-state index contributed by atoms with van der Waals surface area (Å²) in [6.07, 6.45) is 4.98. The lowest BCUT2D eigenvalue weighted by atomic mass is 10.2. The normalized spacial score (nSPS) is 12.3. The van der Waals surface area contributed by atoms with Gasteiger partial charge in [0.1, 0.15) is 6.61 Å². The first-order valence-corrected chi connectivity index (χ1v) is 6.23. The Morgan fingerprint density at radius 1 is 1.28 bits per heavy atom. The summed E-state index contributed by atoms with van der Waals surface area (Å²) in [4.78, 5) is 7.38. The highest BCUT2D eigenvalue weighted by molar-refractivity contribution is 5.95. The molecule has 0 bridgehead atoms. The second-order valence-electron chi connectivity index (χ2n) is 4.47. The third kappa shape index (κ3) is 6.86. The molecule has 3 heteroatoms. The summed E-state index contributed by atoms with van der Waals surface area (Å²) in [6, 6.07) is 10.2. The molecule has 0 heterocycles. The molecule has 0 fully saturated rings. The lowest BCUT2D eigenvalue weighted by molar-refractivity contribution is 0.135. The lowest BCUT2D eigenvalue weighted by Gasteiger charge is -2.07. The molecule has 3 nitrogen and oxygen atoms in total. The van der Waals surface area contributed by atoms with Crippen LogP contribution in [0, 0.1) is 0 Å². The number of allylic oxidation sites excluding steroid dienone is 1. The maximum absolute atomic E-state index is 5.24. The first kappa shape index (κ1) is 14.5. The minimum atomic E-state index is 0.661. The standard InChI is InChI=1S/C15H22N2O/c1-14(16-18-13-7-12-17(2)3)10-11-15-8-5-4-6-9-15/h4-6,8-11H,7,12-13H2,1-3H3/b11-10+,16-14+. The zero-order valence-corrected chi connectivity index (χ0v) is 11.5. The van der Waals surface area contributed by atoms with E-state index >= 15 is 0 Å². The average Bonchev–Trinajstić information content (AvgIpc) is 2.37. The maximum atomic E-state index is 5.24. The number of rotatable bonds is 7. The van der Waals surface area contributed by atoms with Crippen LogP contribution in [-0.2, 0) is 4.84 Å². The van der Waals surface area contributed by atoms with E-state index in [0.717, 1.165) is 18.7 Å². The second-order valence-corrected chi connectivity index (χ2v) is 4.47. The minimum Gasteiger partial charge on any atom is -0.396 e. The first-order chi connectivity index (χ1) is 8.68. The van der Waals surface area contributed by atoms with Gasteiger partial charge in [-0.05, 0) is 39.1 Å². The van der Waals surface area contributed by atoms with Crippen molar-refractivity contribution < 1.29 is 4.84 Å². The van der Waals surface area contributed by atoms with E-state index in [1.54, 1.807) is 0 Å². The predicted octanol–water partition coefficient (Wildman–Crippen LogP) is 3.04. The monoisotopic (exact) mass is 246 g/mol. The van der Waals surface area contributed by atoms with Gasteiger partial charge in [0.25, 0.3) is 0 Å². The van der Waals surface area contributed by atoms with Crippen molar-refractivity contribution in [2.45, 2.75) is 13.3 Å². The van der Waals surface area contributed by atoms with E-state index in [4.69, 9.17) is 4.84 Å². The minimum absolute atomic E-state index is 0.661. The van der Waals surface area contributed by atoms with Gasteiger partial charge in [0.15, 0.2) is 0 Å². The molecule has 0 saturated heterocycles. The SMILES string of the molecule is CC(/C=C/c1ccccc1)=N\OCCCN(C)C. The van der Waals surface area contributed by atoms with Crippen LogP contribution >= 0.6 is 0 Å². The fraction of sp³-hybridized carbons (Fsp3) is 0.400. The van der Waals surface area contributed by atoms with E-state index in [1.165, 1.54) is 5.56 Å². The summed E-state index contributed by atoms with van der Waals surface area (Å²) in [5, 5.41) is 4.05. The van der Waals surface area contributed by atoms with Crippen LogP contribution in [-0.4, -0.2) is 37.9 Å². The van der Waals surface area contributed by atoms with Gasteiger partial charge in [-0.2, -0.15) is 0 Å². The van der Waals surface area contributed by atoms with Crippen molar-refractivity contribution in [3.63, 3.8) is 0 Å². The molecule has 98 valence electrons. The van der Waals surface area contributed by atoms with Crippen molar-refractivity contribution in [1.82, 2.24) is 4.90 Å². The highest BCUT2D eigenvalue weighted by Crippen LogP contribution is 2.01. The van der Waals surface area contributed by atoms with Gasteiger partial charge < -0.3 is 9.74 Å². The molecule has 0 amide bonds. The van der Waals surface area contributed by atoms with Crippen molar-refractivity contribution in [2.75, 3.05) is 27.2 Å². The maximum Gasteiger partial charge on any atom is 0.118 e. The van der Waals surface area contributed by atoms with Crippen LogP contribution < -0.4 is 0 Å². The highest BCUT2D eigenvalue weighted by Gasteiger charge is 1.91. The van der Waals surface area contributed by atoms with Crippen LogP contribution in [0.15, 0.2) is 41.6 Å². The van der Waals surface area contributed by atoms with E-state index in [9.17, 15) is 0 Å². The zero-order valence-electron chi connectivity index (χ0n) is 11.5. The number of hydrogen-bond acceptors (Lipinski definition) is 3. The third-order valence-electron chi connectivity index (χ3n) is 2.37. The van der Waals surface area contributed by atoms with E-state index in [-0.39, 0.29) is 0 Å². The zero-order chi connectivity index (χ0) is 13.2. The number of benzene rings is 1. The van der Waals surface area contributed by atoms with Gasteiger partial charge in [0.05, 0.1) is 5.71 Å². The van der Waals surface area contributed by atoms with Crippen molar-refractivity contribution in [2.24, 2.45) is 5.16 Å². The second kappa shape index (κ2) is 8.48. The Morgan fingerprint density at radius 2 is 2.00 bits per heavy atom. The molecule has 1 aromatic carbocycles. The molecule has 0 aliphatic rings. The third-order valence-corrected chi connectivity index (χ3v) is 2.37. The van der Waals surface area contributed by atoms with Crippen molar-refractivity contribution in [1.29, 1.82) is 0 Å². The molecular weight excluding hydrogens is 224 g/mol. The molecule has 0 aliphatic heterocycles. The Labute approximate surface area is 110 Å². The van der Waals surface area contributed by atoms with E-state index < -0.39 is 0 Å². The summed E-state index contributed by atoms with van der Waals surface area (Å²) in [5.74, 6) is 0. The summed E-state index contributed by atoms with van der Waals surface area (Å²) in [6.45, 7) is 3.62. The Balaban J connectivity index is 2.27. The van der Waals surface area contributed by atoms with Crippen LogP contribution in [0.25, 0.3) is 6.08 Å². The van der Waals surface area contributed by atoms with Gasteiger partial charge in [-0.3, -0.25) is 0 Å². The Morgan fingerprint density at radius 3 is 2.67 bits per heavy atom. The van der Waals surface area contributed by atoms with Gasteiger partial charge in [-0.1, -0.05) is 41.6 Å². The Kier molecular flexibility index (Phi) is 6.81. The van der Waals surface area contributed by atoms with Gasteiger partial charge in [0.2, 0.25) is 0 Å². The summed E-state index contributed by atoms with van der Waals surface area (Å²) < 4.78 is 0. The van der Waals surface area contributed by atoms with Gasteiger partial charge in [-0.15, -0.1) is 0 Å². The van der Waals surface area contributed by atoms with Gasteiger partial charge >= 0.3 is 0 Å². The molecule has 0 unspecified atom stereocenters. The van der Waals surface area contributed by atoms with Gasteiger partial charge in [-0.25, -0.2) is 0 Å². The van der Waals surface area contributed by atoms with Crippen LogP contribution in [0.4, 0.5) is 0 Å². The van der Waals surface area contributed by atoms with Crippen LogP contribution in [0.1, 0.15) is 18.9 Å². The molecule has 1 rings (SSSR count). The average molecular weight is 246 g/mol. The van der Waals surface area contributed by atoms with Crippen LogP contribution in [0.3, 0.4) is 0 Å². The van der Waals surface area contributed by atoms with Crippen molar-refractivity contribution >= 4 is 11.8 Å². The molecule has 0 N–H and O–H groups in total. The Bertz CT molecular complexity index is 383. The molecule has 0 atom stereocenters. The molecule has 0 aliphatic carbocycles. The molecule has 0 spiro atoms. The highest BCUT2D eigenvalue weighted by atomic mass is 16.6. The van der Waals surface area contributed by atoms with Crippen LogP contribution in [0.5, 0.6) is 0 Å². The smallest absolute Gasteiger partial charge is 0.118 e. The number of nitrogens with zero attached hydrogens (tertiary/aromatic N) is 2. The largest absolute Gasteiger partial charge is 0.396 e. The fourth-order valence-corrected chi connectivity index (χ4v) is 1.40. The van der Waals surface area contributed by atoms with E-state index in [2.05, 4.69) is 36.3 Å². The van der Waals surface area contributed by atoms with E-state index in [0.29, 0.717) is 6.61 Å². The fourth-order valence-electron chi connectivity index (χ4n) is 1.40. The summed E-state index contributed by atoms with van der Waals surface area (Å²) >= 11 is 0. The van der Waals surface area contributed by atoms with Crippen molar-refractivity contribution in [3.05, 3.63) is 42.0 Å². The summed E-state index contributed by atoms with van der Waals surface area (Å²) in [5.41, 5.74) is 2.04. The molecule has 1 aromatic rings. The molecule has 0 radical (unpaired) electrons. The Hall–Kier alpha value is -1.61. The lowest BCUT2D eigenvalue weighted by Crippen LogP contribution is -2.14. The predicted molar refractivity (Wildman–Crippen MR) is 77.7 cm³/mol. The van der Waals surface area contributed by atoms with Crippen LogP contribution in [0.2, 0.25) is 0 Å². The first-order valence-electron chi connectivity index (χ1n) is 6.23. The quantitative estimate of drug-likeness (QED) is 0.419. The number of oxime groups is 1. The van der Waals surface area contributed by atoms with Gasteiger partial charge in [0, 0.05) is 6.54 Å².